The van der Waals surface area contributed by atoms with Crippen LogP contribution in [0.5, 0.6) is 0 Å². The van der Waals surface area contributed by atoms with Gasteiger partial charge < -0.3 is 10.2 Å². The first-order valence-corrected chi connectivity index (χ1v) is 10.00. The predicted octanol–water partition coefficient (Wildman–Crippen LogP) is 5.79. The topological polar surface area (TPSA) is 40.5 Å². The van der Waals surface area contributed by atoms with Crippen molar-refractivity contribution in [2.75, 3.05) is 0 Å². The van der Waals surface area contributed by atoms with E-state index in [2.05, 4.69) is 13.2 Å². The van der Waals surface area contributed by atoms with E-state index in [9.17, 15) is 10.2 Å². The molecule has 0 aromatic rings. The van der Waals surface area contributed by atoms with Gasteiger partial charge in [-0.1, -0.05) is 25.0 Å². The highest BCUT2D eigenvalue weighted by Gasteiger charge is 2.36. The third-order valence-electron chi connectivity index (χ3n) is 6.15. The van der Waals surface area contributed by atoms with Crippen LogP contribution >= 0.6 is 0 Å². The third-order valence-corrected chi connectivity index (χ3v) is 6.15. The fraction of sp³-hybridized carbons (Fsp3) is 0.818. The van der Waals surface area contributed by atoms with E-state index in [0.29, 0.717) is 11.8 Å². The lowest BCUT2D eigenvalue weighted by Gasteiger charge is -2.25. The summed E-state index contributed by atoms with van der Waals surface area (Å²) in [6.07, 6.45) is 17.6. The standard InChI is InChI=1S/2C11H20O/c2*1-3-4-5-7-10-8-6-9-11(10,2)12/h2*3,10,12H,1,4-9H2,2H3/t2*10-,11-/m10/s1. The monoisotopic (exact) mass is 336 g/mol. The van der Waals surface area contributed by atoms with Gasteiger partial charge >= 0.3 is 0 Å². The van der Waals surface area contributed by atoms with Crippen molar-refractivity contribution in [2.45, 2.75) is 102 Å². The van der Waals surface area contributed by atoms with Crippen molar-refractivity contribution in [3.05, 3.63) is 25.3 Å². The highest BCUT2D eigenvalue weighted by molar-refractivity contribution is 4.89. The lowest BCUT2D eigenvalue weighted by Crippen LogP contribution is -2.28. The van der Waals surface area contributed by atoms with Crippen LogP contribution in [0.2, 0.25) is 0 Å². The summed E-state index contributed by atoms with van der Waals surface area (Å²) in [5, 5.41) is 19.9. The Hall–Kier alpha value is -0.600. The number of hydrogen-bond donors (Lipinski definition) is 2. The molecule has 2 rings (SSSR count). The van der Waals surface area contributed by atoms with Crippen molar-refractivity contribution in [1.29, 1.82) is 0 Å². The molecule has 2 saturated carbocycles. The second-order valence-corrected chi connectivity index (χ2v) is 8.33. The lowest BCUT2D eigenvalue weighted by molar-refractivity contribution is 0.0169. The van der Waals surface area contributed by atoms with Crippen molar-refractivity contribution >= 4 is 0 Å². The number of allylic oxidation sites excluding steroid dienone is 2. The highest BCUT2D eigenvalue weighted by Crippen LogP contribution is 2.39. The van der Waals surface area contributed by atoms with Crippen molar-refractivity contribution < 1.29 is 10.2 Å². The second-order valence-electron chi connectivity index (χ2n) is 8.33. The smallest absolute Gasteiger partial charge is 0.0647 e. The molecule has 0 radical (unpaired) electrons. The SMILES string of the molecule is C=CCCC[C@@H]1CCC[C@@]1(C)O.C=CCCC[C@H]1CCC[C@]1(C)O. The van der Waals surface area contributed by atoms with Gasteiger partial charge in [0.1, 0.15) is 0 Å². The summed E-state index contributed by atoms with van der Waals surface area (Å²) >= 11 is 0. The minimum absolute atomic E-state index is 0.374. The van der Waals surface area contributed by atoms with Crippen LogP contribution < -0.4 is 0 Å². The van der Waals surface area contributed by atoms with E-state index < -0.39 is 0 Å². The van der Waals surface area contributed by atoms with Crippen molar-refractivity contribution in [3.63, 3.8) is 0 Å². The Morgan fingerprint density at radius 1 is 0.833 bits per heavy atom. The molecule has 24 heavy (non-hydrogen) atoms. The Balaban J connectivity index is 0.000000240. The van der Waals surface area contributed by atoms with Gasteiger partial charge in [-0.25, -0.2) is 0 Å². The quantitative estimate of drug-likeness (QED) is 0.435. The van der Waals surface area contributed by atoms with Gasteiger partial charge in [-0.2, -0.15) is 0 Å². The van der Waals surface area contributed by atoms with Crippen LogP contribution in [0.4, 0.5) is 0 Å². The van der Waals surface area contributed by atoms with E-state index in [-0.39, 0.29) is 11.2 Å². The van der Waals surface area contributed by atoms with Crippen LogP contribution in [0, 0.1) is 11.8 Å². The van der Waals surface area contributed by atoms with Gasteiger partial charge in [0, 0.05) is 0 Å². The van der Waals surface area contributed by atoms with Crippen molar-refractivity contribution in [1.82, 2.24) is 0 Å². The summed E-state index contributed by atoms with van der Waals surface area (Å²) in [7, 11) is 0. The molecule has 0 aromatic heterocycles. The predicted molar refractivity (Wildman–Crippen MR) is 104 cm³/mol. The van der Waals surface area contributed by atoms with Crippen LogP contribution in [0.1, 0.15) is 90.9 Å². The first kappa shape index (κ1) is 21.4. The van der Waals surface area contributed by atoms with Crippen LogP contribution in [0.3, 0.4) is 0 Å². The summed E-state index contributed by atoms with van der Waals surface area (Å²) in [6, 6.07) is 0. The zero-order valence-electron chi connectivity index (χ0n) is 16.1. The Bertz CT molecular complexity index is 334. The third kappa shape index (κ3) is 7.11. The van der Waals surface area contributed by atoms with E-state index in [1.54, 1.807) is 0 Å². The zero-order chi connectivity index (χ0) is 18.1. The van der Waals surface area contributed by atoms with E-state index >= 15 is 0 Å². The molecule has 2 aliphatic carbocycles. The maximum Gasteiger partial charge on any atom is 0.0647 e. The van der Waals surface area contributed by atoms with Crippen molar-refractivity contribution in [3.8, 4) is 0 Å². The molecule has 2 fully saturated rings. The molecule has 0 aliphatic heterocycles. The molecule has 0 bridgehead atoms. The lowest BCUT2D eigenvalue weighted by atomic mass is 9.88. The fourth-order valence-corrected chi connectivity index (χ4v) is 4.37. The van der Waals surface area contributed by atoms with Crippen LogP contribution in [0.25, 0.3) is 0 Å². The molecule has 0 heterocycles. The molecule has 2 aliphatic rings. The fourth-order valence-electron chi connectivity index (χ4n) is 4.37. The Morgan fingerprint density at radius 2 is 1.21 bits per heavy atom. The van der Waals surface area contributed by atoms with Gasteiger partial charge in [0.05, 0.1) is 11.2 Å². The molecule has 2 nitrogen and oxygen atoms in total. The van der Waals surface area contributed by atoms with Crippen LogP contribution in [0.15, 0.2) is 25.3 Å². The Morgan fingerprint density at radius 3 is 1.46 bits per heavy atom. The molecule has 0 spiro atoms. The molecule has 0 unspecified atom stereocenters. The first-order chi connectivity index (χ1) is 11.3. The molecule has 2 N–H and O–H groups in total. The maximum atomic E-state index is 9.93. The van der Waals surface area contributed by atoms with Gasteiger partial charge in [0.25, 0.3) is 0 Å². The summed E-state index contributed by atoms with van der Waals surface area (Å²) in [5.41, 5.74) is -0.748. The average Bonchev–Trinajstić information content (AvgIpc) is 3.02. The summed E-state index contributed by atoms with van der Waals surface area (Å²) in [5.74, 6) is 1.08. The van der Waals surface area contributed by atoms with Crippen LogP contribution in [-0.4, -0.2) is 21.4 Å². The second kappa shape index (κ2) is 10.4. The normalized spacial score (nSPS) is 35.3. The zero-order valence-corrected chi connectivity index (χ0v) is 16.1. The maximum absolute atomic E-state index is 9.93. The van der Waals surface area contributed by atoms with E-state index in [4.69, 9.17) is 0 Å². The minimum Gasteiger partial charge on any atom is -0.390 e. The van der Waals surface area contributed by atoms with Gasteiger partial charge in [-0.15, -0.1) is 13.2 Å². The summed E-state index contributed by atoms with van der Waals surface area (Å²) < 4.78 is 0. The van der Waals surface area contributed by atoms with Gasteiger partial charge in [0.2, 0.25) is 0 Å². The number of rotatable bonds is 8. The van der Waals surface area contributed by atoms with Gasteiger partial charge in [0.15, 0.2) is 0 Å². The van der Waals surface area contributed by atoms with Crippen molar-refractivity contribution in [2.24, 2.45) is 11.8 Å². The molecular weight excluding hydrogens is 296 g/mol. The molecular formula is C22H40O2. The Labute approximate surface area is 150 Å². The molecule has 4 atom stereocenters. The average molecular weight is 337 g/mol. The first-order valence-electron chi connectivity index (χ1n) is 10.00. The Kier molecular flexibility index (Phi) is 9.30. The molecule has 0 aromatic carbocycles. The number of hydrogen-bond acceptors (Lipinski definition) is 2. The molecule has 0 saturated heterocycles. The van der Waals surface area contributed by atoms with Crippen LogP contribution in [-0.2, 0) is 0 Å². The minimum atomic E-state index is -0.374. The molecule has 140 valence electrons. The summed E-state index contributed by atoms with van der Waals surface area (Å²) in [4.78, 5) is 0. The van der Waals surface area contributed by atoms with E-state index in [1.807, 2.05) is 26.0 Å². The van der Waals surface area contributed by atoms with E-state index in [0.717, 1.165) is 25.7 Å². The molecule has 0 amide bonds. The number of unbranched alkanes of at least 4 members (excludes halogenated alkanes) is 2. The van der Waals surface area contributed by atoms with Gasteiger partial charge in [-0.05, 0) is 89.9 Å². The highest BCUT2D eigenvalue weighted by atomic mass is 16.3. The number of aliphatic hydroxyl groups is 2. The largest absolute Gasteiger partial charge is 0.390 e. The van der Waals surface area contributed by atoms with E-state index in [1.165, 1.54) is 51.4 Å². The molecule has 2 heteroatoms. The van der Waals surface area contributed by atoms with Gasteiger partial charge in [-0.3, -0.25) is 0 Å². The summed E-state index contributed by atoms with van der Waals surface area (Å²) in [6.45, 7) is 11.4.